The number of hydrogen-bond donors (Lipinski definition) is 2. The number of rotatable bonds is 8. The van der Waals surface area contributed by atoms with Gasteiger partial charge in [-0.05, 0) is 44.9 Å². The largest absolute Gasteiger partial charge is 0.393 e. The Morgan fingerprint density at radius 2 is 2.04 bits per heavy atom. The number of likely N-dealkylation sites (tertiary alicyclic amines) is 1. The Morgan fingerprint density at radius 3 is 2.70 bits per heavy atom. The summed E-state index contributed by atoms with van der Waals surface area (Å²) in [7, 11) is 0. The van der Waals surface area contributed by atoms with Gasteiger partial charge < -0.3 is 15.3 Å². The van der Waals surface area contributed by atoms with Gasteiger partial charge in [0.15, 0.2) is 5.78 Å². The Kier molecular flexibility index (Phi) is 7.20. The lowest BCUT2D eigenvalue weighted by molar-refractivity contribution is -0.121. The molecule has 0 saturated carbocycles. The maximum Gasteiger partial charge on any atom is 0.220 e. The van der Waals surface area contributed by atoms with Crippen LogP contribution in [0.25, 0.3) is 0 Å². The Bertz CT molecular complexity index is 522. The zero-order chi connectivity index (χ0) is 16.7. The molecule has 0 spiro atoms. The number of Topliss-reactive ketones (excluding diaryl/α,β-unsaturated/α-hetero) is 1. The number of aliphatic hydroxyl groups is 1. The fraction of sp³-hybridized carbons (Fsp3) is 0.647. The normalized spacial score (nSPS) is 16.4. The number of hydrogen-bond acceptors (Lipinski definition) is 5. The summed E-state index contributed by atoms with van der Waals surface area (Å²) in [6.07, 6.45) is 2.98. The van der Waals surface area contributed by atoms with E-state index < -0.39 is 0 Å². The number of carbonyl (C=O) groups excluding carboxylic acids is 2. The molecule has 0 unspecified atom stereocenters. The maximum atomic E-state index is 11.9. The van der Waals surface area contributed by atoms with Crippen LogP contribution in [0.1, 0.15) is 46.7 Å². The fourth-order valence-corrected chi connectivity index (χ4v) is 3.53. The third kappa shape index (κ3) is 6.41. The topological polar surface area (TPSA) is 69.6 Å². The van der Waals surface area contributed by atoms with E-state index in [1.807, 2.05) is 19.1 Å². The first-order chi connectivity index (χ1) is 11.0. The number of ketones is 1. The Balaban J connectivity index is 1.54. The van der Waals surface area contributed by atoms with Gasteiger partial charge in [-0.25, -0.2) is 0 Å². The van der Waals surface area contributed by atoms with E-state index in [2.05, 4.69) is 10.2 Å². The van der Waals surface area contributed by atoms with Gasteiger partial charge in [0, 0.05) is 37.4 Å². The fourth-order valence-electron chi connectivity index (χ4n) is 2.70. The molecule has 0 bridgehead atoms. The van der Waals surface area contributed by atoms with Crippen molar-refractivity contribution in [2.24, 2.45) is 0 Å². The van der Waals surface area contributed by atoms with E-state index in [4.69, 9.17) is 0 Å². The summed E-state index contributed by atoms with van der Waals surface area (Å²) in [5, 5.41) is 12.3. The second-order valence-electron chi connectivity index (χ2n) is 6.11. The molecule has 1 fully saturated rings. The predicted octanol–water partition coefficient (Wildman–Crippen LogP) is 1.98. The highest BCUT2D eigenvalue weighted by Crippen LogP contribution is 2.17. The molecule has 1 saturated heterocycles. The van der Waals surface area contributed by atoms with Crippen LogP contribution in [-0.4, -0.2) is 54.0 Å². The van der Waals surface area contributed by atoms with E-state index in [1.54, 1.807) is 0 Å². The number of carbonyl (C=O) groups is 2. The molecule has 2 rings (SSSR count). The van der Waals surface area contributed by atoms with Crippen LogP contribution >= 0.6 is 11.3 Å². The average Bonchev–Trinajstić information content (AvgIpc) is 2.97. The molecule has 2 N–H and O–H groups in total. The molecule has 1 aliphatic rings. The van der Waals surface area contributed by atoms with E-state index in [0.29, 0.717) is 6.54 Å². The Morgan fingerprint density at radius 1 is 1.30 bits per heavy atom. The highest BCUT2D eigenvalue weighted by atomic mass is 32.1. The summed E-state index contributed by atoms with van der Waals surface area (Å²) in [6.45, 7) is 5.43. The second-order valence-corrected chi connectivity index (χ2v) is 7.40. The zero-order valence-corrected chi connectivity index (χ0v) is 14.5. The van der Waals surface area contributed by atoms with Crippen molar-refractivity contribution in [2.75, 3.05) is 26.2 Å². The van der Waals surface area contributed by atoms with Crippen molar-refractivity contribution in [3.8, 4) is 0 Å². The standard InChI is InChI=1S/C17H26N2O3S/c1-13-3-5-16(23-13)15(21)4-6-17(22)18-9-2-10-19-11-7-14(20)8-12-19/h3,5,14,20H,2,4,6-12H2,1H3,(H,18,22). The first-order valence-electron chi connectivity index (χ1n) is 8.31. The van der Waals surface area contributed by atoms with Gasteiger partial charge in [-0.15, -0.1) is 11.3 Å². The molecular formula is C17H26N2O3S. The average molecular weight is 338 g/mol. The van der Waals surface area contributed by atoms with Crippen molar-refractivity contribution in [1.29, 1.82) is 0 Å². The van der Waals surface area contributed by atoms with Crippen molar-refractivity contribution in [3.63, 3.8) is 0 Å². The molecule has 1 aromatic heterocycles. The summed E-state index contributed by atoms with van der Waals surface area (Å²) in [6, 6.07) is 3.76. The minimum absolute atomic E-state index is 0.0464. The van der Waals surface area contributed by atoms with E-state index in [0.717, 1.165) is 48.7 Å². The number of amides is 1. The van der Waals surface area contributed by atoms with Gasteiger partial charge in [0.2, 0.25) is 5.91 Å². The second kappa shape index (κ2) is 9.15. The number of nitrogens with one attached hydrogen (secondary N) is 1. The number of aryl methyl sites for hydroxylation is 1. The number of aliphatic hydroxyl groups excluding tert-OH is 1. The van der Waals surface area contributed by atoms with Crippen LogP contribution < -0.4 is 5.32 Å². The molecule has 23 heavy (non-hydrogen) atoms. The van der Waals surface area contributed by atoms with E-state index in [-0.39, 0.29) is 30.6 Å². The maximum absolute atomic E-state index is 11.9. The summed E-state index contributed by atoms with van der Waals surface area (Å²) in [5.74, 6) is -0.00850. The Labute approximate surface area is 141 Å². The number of nitrogens with zero attached hydrogens (tertiary/aromatic N) is 1. The van der Waals surface area contributed by atoms with Gasteiger partial charge in [0.25, 0.3) is 0 Å². The minimum Gasteiger partial charge on any atom is -0.393 e. The van der Waals surface area contributed by atoms with E-state index in [1.165, 1.54) is 11.3 Å². The highest BCUT2D eigenvalue weighted by molar-refractivity contribution is 7.14. The quantitative estimate of drug-likeness (QED) is 0.562. The van der Waals surface area contributed by atoms with Crippen LogP contribution in [0.3, 0.4) is 0 Å². The van der Waals surface area contributed by atoms with E-state index in [9.17, 15) is 14.7 Å². The highest BCUT2D eigenvalue weighted by Gasteiger charge is 2.16. The summed E-state index contributed by atoms with van der Waals surface area (Å²) < 4.78 is 0. The molecular weight excluding hydrogens is 312 g/mol. The van der Waals surface area contributed by atoms with Crippen molar-refractivity contribution < 1.29 is 14.7 Å². The van der Waals surface area contributed by atoms with Crippen molar-refractivity contribution >= 4 is 23.0 Å². The summed E-state index contributed by atoms with van der Waals surface area (Å²) in [4.78, 5) is 27.9. The predicted molar refractivity (Wildman–Crippen MR) is 91.9 cm³/mol. The molecule has 1 amide bonds. The SMILES string of the molecule is Cc1ccc(C(=O)CCC(=O)NCCCN2CCC(O)CC2)s1. The number of piperidine rings is 1. The van der Waals surface area contributed by atoms with Gasteiger partial charge in [0.1, 0.15) is 0 Å². The van der Waals surface area contributed by atoms with Crippen LogP contribution in [0.2, 0.25) is 0 Å². The minimum atomic E-state index is -0.143. The third-order valence-corrected chi connectivity index (χ3v) is 5.17. The van der Waals surface area contributed by atoms with Gasteiger partial charge in [-0.2, -0.15) is 0 Å². The van der Waals surface area contributed by atoms with Crippen molar-refractivity contribution in [3.05, 3.63) is 21.9 Å². The molecule has 0 radical (unpaired) electrons. The number of thiophene rings is 1. The van der Waals surface area contributed by atoms with Gasteiger partial charge in [-0.1, -0.05) is 0 Å². The van der Waals surface area contributed by atoms with E-state index >= 15 is 0 Å². The van der Waals surface area contributed by atoms with Crippen LogP contribution in [0.5, 0.6) is 0 Å². The molecule has 5 nitrogen and oxygen atoms in total. The Hall–Kier alpha value is -1.24. The molecule has 2 heterocycles. The molecule has 0 atom stereocenters. The van der Waals surface area contributed by atoms with Crippen LogP contribution in [-0.2, 0) is 4.79 Å². The first kappa shape index (κ1) is 18.1. The first-order valence-corrected chi connectivity index (χ1v) is 9.13. The van der Waals surface area contributed by atoms with Gasteiger partial charge >= 0.3 is 0 Å². The van der Waals surface area contributed by atoms with Gasteiger partial charge in [-0.3, -0.25) is 9.59 Å². The summed E-state index contributed by atoms with van der Waals surface area (Å²) in [5.41, 5.74) is 0. The van der Waals surface area contributed by atoms with Crippen molar-refractivity contribution in [2.45, 2.75) is 45.1 Å². The summed E-state index contributed by atoms with van der Waals surface area (Å²) >= 11 is 1.48. The molecule has 0 aliphatic carbocycles. The molecule has 1 aliphatic heterocycles. The van der Waals surface area contributed by atoms with Crippen LogP contribution in [0.15, 0.2) is 12.1 Å². The zero-order valence-electron chi connectivity index (χ0n) is 13.7. The van der Waals surface area contributed by atoms with Gasteiger partial charge in [0.05, 0.1) is 11.0 Å². The third-order valence-electron chi connectivity index (χ3n) is 4.12. The van der Waals surface area contributed by atoms with Crippen LogP contribution in [0, 0.1) is 6.92 Å². The van der Waals surface area contributed by atoms with Crippen molar-refractivity contribution in [1.82, 2.24) is 10.2 Å². The molecule has 6 heteroatoms. The molecule has 1 aromatic rings. The monoisotopic (exact) mass is 338 g/mol. The lowest BCUT2D eigenvalue weighted by Crippen LogP contribution is -2.37. The molecule has 128 valence electrons. The lowest BCUT2D eigenvalue weighted by Gasteiger charge is -2.29. The smallest absolute Gasteiger partial charge is 0.220 e. The molecule has 0 aromatic carbocycles. The van der Waals surface area contributed by atoms with Crippen LogP contribution in [0.4, 0.5) is 0 Å². The lowest BCUT2D eigenvalue weighted by atomic mass is 10.1.